The molecular formula is C21H15N3O7. The number of furan rings is 2. The summed E-state index contributed by atoms with van der Waals surface area (Å²) in [5.41, 5.74) is 0.877. The zero-order valence-corrected chi connectivity index (χ0v) is 16.2. The normalized spacial score (nSPS) is 15.5. The number of nitrogens with one attached hydrogen (secondary N) is 1. The van der Waals surface area contributed by atoms with Crippen LogP contribution >= 0.6 is 0 Å². The molecule has 4 rings (SSSR count). The summed E-state index contributed by atoms with van der Waals surface area (Å²) >= 11 is 0. The molecule has 10 heteroatoms. The van der Waals surface area contributed by atoms with Gasteiger partial charge >= 0.3 is 6.03 Å². The first-order valence-electron chi connectivity index (χ1n) is 9.10. The van der Waals surface area contributed by atoms with Gasteiger partial charge < -0.3 is 8.83 Å². The fourth-order valence-corrected chi connectivity index (χ4v) is 3.10. The number of benzene rings is 1. The van der Waals surface area contributed by atoms with E-state index in [1.54, 1.807) is 31.2 Å². The number of aryl methyl sites for hydroxylation is 1. The summed E-state index contributed by atoms with van der Waals surface area (Å²) in [6.45, 7) is 1.63. The number of imide groups is 2. The second-order valence-electron chi connectivity index (χ2n) is 6.75. The van der Waals surface area contributed by atoms with Crippen LogP contribution in [0.2, 0.25) is 0 Å². The van der Waals surface area contributed by atoms with Crippen molar-refractivity contribution in [3.05, 3.63) is 81.5 Å². The van der Waals surface area contributed by atoms with Crippen molar-refractivity contribution in [1.82, 2.24) is 10.2 Å². The van der Waals surface area contributed by atoms with Crippen molar-refractivity contribution >= 4 is 29.6 Å². The molecule has 0 unspecified atom stereocenters. The van der Waals surface area contributed by atoms with Crippen molar-refractivity contribution in [1.29, 1.82) is 0 Å². The summed E-state index contributed by atoms with van der Waals surface area (Å²) in [4.78, 5) is 48.4. The number of urea groups is 1. The number of hydrogen-bond donors (Lipinski definition) is 1. The maximum Gasteiger partial charge on any atom is 0.331 e. The lowest BCUT2D eigenvalue weighted by atomic mass is 10.1. The molecule has 1 fully saturated rings. The van der Waals surface area contributed by atoms with Crippen LogP contribution in [0.3, 0.4) is 0 Å². The van der Waals surface area contributed by atoms with Gasteiger partial charge in [0.05, 0.1) is 17.7 Å². The van der Waals surface area contributed by atoms with Crippen LogP contribution in [0.1, 0.15) is 17.1 Å². The summed E-state index contributed by atoms with van der Waals surface area (Å²) in [6.07, 6.45) is 2.62. The van der Waals surface area contributed by atoms with Gasteiger partial charge in [-0.2, -0.15) is 0 Å². The van der Waals surface area contributed by atoms with Gasteiger partial charge in [-0.05, 0) is 42.8 Å². The molecule has 4 amide bonds. The molecule has 2 aromatic heterocycles. The lowest BCUT2D eigenvalue weighted by Crippen LogP contribution is -2.53. The minimum atomic E-state index is -0.852. The maximum atomic E-state index is 12.7. The largest absolute Gasteiger partial charge is 0.467 e. The smallest absolute Gasteiger partial charge is 0.331 e. The monoisotopic (exact) mass is 421 g/mol. The number of carbonyl (C=O) groups is 3. The maximum absolute atomic E-state index is 12.7. The summed E-state index contributed by atoms with van der Waals surface area (Å²) in [6, 6.07) is 9.84. The predicted molar refractivity (Wildman–Crippen MR) is 106 cm³/mol. The van der Waals surface area contributed by atoms with Crippen molar-refractivity contribution in [2.24, 2.45) is 0 Å². The van der Waals surface area contributed by atoms with Crippen molar-refractivity contribution < 1.29 is 28.1 Å². The third-order valence-corrected chi connectivity index (χ3v) is 4.69. The average molecular weight is 421 g/mol. The van der Waals surface area contributed by atoms with Gasteiger partial charge in [-0.3, -0.25) is 29.9 Å². The van der Waals surface area contributed by atoms with Crippen LogP contribution in [-0.4, -0.2) is 27.7 Å². The van der Waals surface area contributed by atoms with E-state index in [1.165, 1.54) is 30.5 Å². The Morgan fingerprint density at radius 1 is 1.16 bits per heavy atom. The zero-order chi connectivity index (χ0) is 22.1. The van der Waals surface area contributed by atoms with E-state index in [4.69, 9.17) is 8.83 Å². The minimum Gasteiger partial charge on any atom is -0.467 e. The molecule has 1 N–H and O–H groups in total. The zero-order valence-electron chi connectivity index (χ0n) is 16.2. The highest BCUT2D eigenvalue weighted by Gasteiger charge is 2.36. The molecule has 31 heavy (non-hydrogen) atoms. The number of barbiturate groups is 1. The van der Waals surface area contributed by atoms with Crippen molar-refractivity contribution in [3.8, 4) is 11.3 Å². The Hall–Kier alpha value is -4.47. The molecule has 0 bridgehead atoms. The highest BCUT2D eigenvalue weighted by molar-refractivity contribution is 6.30. The van der Waals surface area contributed by atoms with Gasteiger partial charge in [0.2, 0.25) is 0 Å². The van der Waals surface area contributed by atoms with E-state index >= 15 is 0 Å². The molecule has 3 heterocycles. The fourth-order valence-electron chi connectivity index (χ4n) is 3.10. The number of nitro benzene ring substituents is 1. The van der Waals surface area contributed by atoms with E-state index in [1.807, 2.05) is 0 Å². The Kier molecular flexibility index (Phi) is 4.96. The molecule has 0 radical (unpaired) electrons. The standard InChI is InChI=1S/C21H15N3O7/c1-12-4-5-13(24(28)29)9-16(12)18-7-6-14(31-18)10-17-19(25)22-21(27)23(20(17)26)11-15-3-2-8-30-15/h2-10H,11H2,1H3,(H,22,25,27). The highest BCUT2D eigenvalue weighted by Crippen LogP contribution is 2.30. The SMILES string of the molecule is Cc1ccc([N+](=O)[O-])cc1-c1ccc(C=C2C(=O)NC(=O)N(Cc3ccco3)C2=O)o1. The molecule has 1 aliphatic heterocycles. The van der Waals surface area contributed by atoms with E-state index in [-0.39, 0.29) is 23.6 Å². The van der Waals surface area contributed by atoms with E-state index < -0.39 is 22.8 Å². The quantitative estimate of drug-likeness (QED) is 0.288. The van der Waals surface area contributed by atoms with Crippen LogP contribution in [0.5, 0.6) is 0 Å². The van der Waals surface area contributed by atoms with Gasteiger partial charge in [-0.25, -0.2) is 4.79 Å². The topological polar surface area (TPSA) is 136 Å². The van der Waals surface area contributed by atoms with E-state index in [0.29, 0.717) is 17.1 Å². The molecule has 1 saturated heterocycles. The molecule has 1 aromatic carbocycles. The number of carbonyl (C=O) groups excluding carboxylic acids is 3. The summed E-state index contributed by atoms with van der Waals surface area (Å²) < 4.78 is 10.9. The van der Waals surface area contributed by atoms with Gasteiger partial charge in [0.25, 0.3) is 17.5 Å². The number of nitro groups is 1. The number of nitrogens with zero attached hydrogens (tertiary/aromatic N) is 2. The van der Waals surface area contributed by atoms with Gasteiger partial charge in [-0.15, -0.1) is 0 Å². The lowest BCUT2D eigenvalue weighted by Gasteiger charge is -2.25. The lowest BCUT2D eigenvalue weighted by molar-refractivity contribution is -0.384. The number of amides is 4. The number of hydrogen-bond acceptors (Lipinski definition) is 7. The average Bonchev–Trinajstić information content (AvgIpc) is 3.40. The van der Waals surface area contributed by atoms with Crippen LogP contribution in [0.25, 0.3) is 17.4 Å². The molecule has 156 valence electrons. The molecule has 0 atom stereocenters. The van der Waals surface area contributed by atoms with E-state index in [2.05, 4.69) is 5.32 Å². The Labute approximate surface area is 174 Å². The molecule has 0 saturated carbocycles. The van der Waals surface area contributed by atoms with Gasteiger partial charge in [-0.1, -0.05) is 6.07 Å². The summed E-state index contributed by atoms with van der Waals surface area (Å²) in [7, 11) is 0. The van der Waals surface area contributed by atoms with Gasteiger partial charge in [0.15, 0.2) is 0 Å². The Bertz CT molecular complexity index is 1240. The van der Waals surface area contributed by atoms with Crippen molar-refractivity contribution in [3.63, 3.8) is 0 Å². The third kappa shape index (κ3) is 3.86. The third-order valence-electron chi connectivity index (χ3n) is 4.69. The Morgan fingerprint density at radius 3 is 2.68 bits per heavy atom. The first-order valence-corrected chi connectivity index (χ1v) is 9.10. The second-order valence-corrected chi connectivity index (χ2v) is 6.75. The first kappa shape index (κ1) is 19.8. The molecule has 0 aliphatic carbocycles. The van der Waals surface area contributed by atoms with Crippen LogP contribution in [0.4, 0.5) is 10.5 Å². The number of rotatable bonds is 5. The van der Waals surface area contributed by atoms with Crippen molar-refractivity contribution in [2.45, 2.75) is 13.5 Å². The van der Waals surface area contributed by atoms with Crippen LogP contribution in [0, 0.1) is 17.0 Å². The number of non-ortho nitro benzene ring substituents is 1. The summed E-state index contributed by atoms with van der Waals surface area (Å²) in [5, 5.41) is 13.2. The second kappa shape index (κ2) is 7.75. The highest BCUT2D eigenvalue weighted by atomic mass is 16.6. The molecule has 1 aliphatic rings. The molecule has 10 nitrogen and oxygen atoms in total. The van der Waals surface area contributed by atoms with Crippen LogP contribution < -0.4 is 5.32 Å². The first-order chi connectivity index (χ1) is 14.8. The molecule has 0 spiro atoms. The van der Waals surface area contributed by atoms with Gasteiger partial charge in [0.1, 0.15) is 22.9 Å². The summed E-state index contributed by atoms with van der Waals surface area (Å²) in [5.74, 6) is -0.768. The minimum absolute atomic E-state index is 0.0918. The fraction of sp³-hybridized carbons (Fsp3) is 0.0952. The molecular weight excluding hydrogens is 406 g/mol. The molecule has 3 aromatic rings. The Morgan fingerprint density at radius 2 is 1.97 bits per heavy atom. The van der Waals surface area contributed by atoms with Crippen LogP contribution in [-0.2, 0) is 16.1 Å². The Balaban J connectivity index is 1.64. The van der Waals surface area contributed by atoms with Gasteiger partial charge in [0, 0.05) is 17.7 Å². The van der Waals surface area contributed by atoms with Crippen LogP contribution in [0.15, 0.2) is 63.1 Å². The van der Waals surface area contributed by atoms with Crippen molar-refractivity contribution in [2.75, 3.05) is 0 Å². The van der Waals surface area contributed by atoms with E-state index in [0.717, 1.165) is 10.5 Å². The van der Waals surface area contributed by atoms with E-state index in [9.17, 15) is 24.5 Å². The predicted octanol–water partition coefficient (Wildman–Crippen LogP) is 3.42.